The molecular formula is C18H20O6S. The fourth-order valence-electron chi connectivity index (χ4n) is 2.24. The molecule has 0 heterocycles. The standard InChI is InChI=1S/C18H20O6S/c1-22-15-10-17(23-2)16(18(11-15)24-3)12-25(20,21)9-8-13-4-6-14(19)7-5-13/h4-11,19H,12H2,1-3H3. The summed E-state index contributed by atoms with van der Waals surface area (Å²) in [4.78, 5) is 0. The number of hydrogen-bond donors (Lipinski definition) is 1. The summed E-state index contributed by atoms with van der Waals surface area (Å²) in [5.41, 5.74) is 1.08. The van der Waals surface area contributed by atoms with E-state index in [2.05, 4.69) is 0 Å². The molecule has 0 aliphatic rings. The van der Waals surface area contributed by atoms with E-state index in [1.807, 2.05) is 0 Å². The van der Waals surface area contributed by atoms with Gasteiger partial charge in [0.15, 0.2) is 9.84 Å². The molecule has 2 aromatic rings. The molecule has 0 aliphatic carbocycles. The van der Waals surface area contributed by atoms with Gasteiger partial charge in [-0.25, -0.2) is 8.42 Å². The van der Waals surface area contributed by atoms with Gasteiger partial charge in [0.25, 0.3) is 0 Å². The van der Waals surface area contributed by atoms with E-state index >= 15 is 0 Å². The second-order valence-electron chi connectivity index (χ2n) is 5.21. The smallest absolute Gasteiger partial charge is 0.176 e. The van der Waals surface area contributed by atoms with Crippen LogP contribution in [0.25, 0.3) is 6.08 Å². The summed E-state index contributed by atoms with van der Waals surface area (Å²) >= 11 is 0. The van der Waals surface area contributed by atoms with Crippen LogP contribution in [0.3, 0.4) is 0 Å². The third kappa shape index (κ3) is 4.90. The molecule has 134 valence electrons. The van der Waals surface area contributed by atoms with Crippen molar-refractivity contribution < 1.29 is 27.7 Å². The number of hydrogen-bond acceptors (Lipinski definition) is 6. The molecule has 0 spiro atoms. The van der Waals surface area contributed by atoms with Gasteiger partial charge in [-0.1, -0.05) is 12.1 Å². The predicted molar refractivity (Wildman–Crippen MR) is 95.9 cm³/mol. The van der Waals surface area contributed by atoms with Crippen LogP contribution in [-0.4, -0.2) is 34.9 Å². The highest BCUT2D eigenvalue weighted by Crippen LogP contribution is 2.35. The molecule has 0 aromatic heterocycles. The van der Waals surface area contributed by atoms with Gasteiger partial charge in [0.05, 0.1) is 32.6 Å². The predicted octanol–water partition coefficient (Wildman–Crippen LogP) is 3.00. The largest absolute Gasteiger partial charge is 0.508 e. The molecule has 2 aromatic carbocycles. The number of ether oxygens (including phenoxy) is 3. The summed E-state index contributed by atoms with van der Waals surface area (Å²) in [6, 6.07) is 9.43. The fourth-order valence-corrected chi connectivity index (χ4v) is 3.38. The molecule has 0 saturated carbocycles. The summed E-state index contributed by atoms with van der Waals surface area (Å²) in [6.45, 7) is 0. The summed E-state index contributed by atoms with van der Waals surface area (Å²) < 4.78 is 40.6. The van der Waals surface area contributed by atoms with Crippen molar-refractivity contribution in [1.29, 1.82) is 0 Å². The molecule has 0 radical (unpaired) electrons. The van der Waals surface area contributed by atoms with Crippen molar-refractivity contribution in [3.63, 3.8) is 0 Å². The Morgan fingerprint density at radius 1 is 0.960 bits per heavy atom. The number of phenols is 1. The van der Waals surface area contributed by atoms with E-state index in [1.165, 1.54) is 39.5 Å². The first-order valence-electron chi connectivity index (χ1n) is 7.37. The van der Waals surface area contributed by atoms with Gasteiger partial charge in [-0.05, 0) is 23.8 Å². The van der Waals surface area contributed by atoms with Crippen LogP contribution in [0.2, 0.25) is 0 Å². The van der Waals surface area contributed by atoms with E-state index in [0.717, 1.165) is 5.41 Å². The number of rotatable bonds is 7. The monoisotopic (exact) mass is 364 g/mol. The zero-order valence-corrected chi connectivity index (χ0v) is 15.0. The molecule has 0 bridgehead atoms. The lowest BCUT2D eigenvalue weighted by molar-refractivity contribution is 0.370. The zero-order valence-electron chi connectivity index (χ0n) is 14.2. The first-order chi connectivity index (χ1) is 11.9. The fraction of sp³-hybridized carbons (Fsp3) is 0.222. The van der Waals surface area contributed by atoms with Crippen LogP contribution in [0.1, 0.15) is 11.1 Å². The Labute approximate surface area is 147 Å². The lowest BCUT2D eigenvalue weighted by atomic mass is 10.2. The van der Waals surface area contributed by atoms with Gasteiger partial charge in [-0.3, -0.25) is 0 Å². The van der Waals surface area contributed by atoms with Crippen LogP contribution in [0.15, 0.2) is 41.8 Å². The molecule has 25 heavy (non-hydrogen) atoms. The van der Waals surface area contributed by atoms with Crippen LogP contribution >= 0.6 is 0 Å². The molecule has 6 nitrogen and oxygen atoms in total. The second kappa shape index (κ2) is 7.94. The molecule has 0 amide bonds. The van der Waals surface area contributed by atoms with Crippen molar-refractivity contribution >= 4 is 15.9 Å². The maximum atomic E-state index is 12.5. The van der Waals surface area contributed by atoms with Crippen LogP contribution in [0, 0.1) is 0 Å². The van der Waals surface area contributed by atoms with Gasteiger partial charge in [-0.2, -0.15) is 0 Å². The normalized spacial score (nSPS) is 11.5. The first-order valence-corrected chi connectivity index (χ1v) is 9.09. The highest BCUT2D eigenvalue weighted by molar-refractivity contribution is 7.93. The number of phenolic OH excluding ortho intramolecular Hbond substituents is 1. The van der Waals surface area contributed by atoms with E-state index in [0.29, 0.717) is 28.4 Å². The van der Waals surface area contributed by atoms with E-state index < -0.39 is 9.84 Å². The van der Waals surface area contributed by atoms with Gasteiger partial charge in [0.2, 0.25) is 0 Å². The minimum atomic E-state index is -3.57. The Hall–Kier alpha value is -2.67. The summed E-state index contributed by atoms with van der Waals surface area (Å²) in [6.07, 6.45) is 1.47. The maximum absolute atomic E-state index is 12.5. The number of sulfone groups is 1. The number of methoxy groups -OCH3 is 3. The van der Waals surface area contributed by atoms with Crippen molar-refractivity contribution in [2.75, 3.05) is 21.3 Å². The Morgan fingerprint density at radius 2 is 1.52 bits per heavy atom. The molecule has 7 heteroatoms. The van der Waals surface area contributed by atoms with Gasteiger partial charge in [0.1, 0.15) is 23.0 Å². The number of aromatic hydroxyl groups is 1. The van der Waals surface area contributed by atoms with Crippen molar-refractivity contribution in [2.45, 2.75) is 5.75 Å². The molecule has 0 aliphatic heterocycles. The SMILES string of the molecule is COc1cc(OC)c(CS(=O)(=O)C=Cc2ccc(O)cc2)c(OC)c1. The molecule has 1 N–H and O–H groups in total. The molecule has 0 saturated heterocycles. The Kier molecular flexibility index (Phi) is 5.93. The molecule has 0 fully saturated rings. The minimum absolute atomic E-state index is 0.118. The van der Waals surface area contributed by atoms with Crippen LogP contribution in [-0.2, 0) is 15.6 Å². The average Bonchev–Trinajstić information content (AvgIpc) is 2.61. The van der Waals surface area contributed by atoms with E-state index in [4.69, 9.17) is 14.2 Å². The molecule has 2 rings (SSSR count). The Bertz CT molecular complexity index is 829. The van der Waals surface area contributed by atoms with Crippen molar-refractivity contribution in [1.82, 2.24) is 0 Å². The topological polar surface area (TPSA) is 82.1 Å². The van der Waals surface area contributed by atoms with Gasteiger partial charge in [-0.15, -0.1) is 0 Å². The lowest BCUT2D eigenvalue weighted by Gasteiger charge is -2.14. The Balaban J connectivity index is 2.32. The van der Waals surface area contributed by atoms with Crippen LogP contribution in [0.4, 0.5) is 0 Å². The molecule has 0 unspecified atom stereocenters. The third-order valence-corrected chi connectivity index (χ3v) is 4.77. The van der Waals surface area contributed by atoms with E-state index in [1.54, 1.807) is 24.3 Å². The maximum Gasteiger partial charge on any atom is 0.176 e. The summed E-state index contributed by atoms with van der Waals surface area (Å²) in [5.74, 6) is 1.09. The summed E-state index contributed by atoms with van der Waals surface area (Å²) in [5, 5.41) is 10.4. The average molecular weight is 364 g/mol. The molecular weight excluding hydrogens is 344 g/mol. The van der Waals surface area contributed by atoms with Gasteiger partial charge < -0.3 is 19.3 Å². The summed E-state index contributed by atoms with van der Waals surface area (Å²) in [7, 11) is 0.843. The number of benzene rings is 2. The third-order valence-electron chi connectivity index (χ3n) is 3.52. The Morgan fingerprint density at radius 3 is 2.00 bits per heavy atom. The highest BCUT2D eigenvalue weighted by Gasteiger charge is 2.19. The van der Waals surface area contributed by atoms with E-state index in [-0.39, 0.29) is 11.5 Å². The van der Waals surface area contributed by atoms with Gasteiger partial charge >= 0.3 is 0 Å². The van der Waals surface area contributed by atoms with Crippen molar-refractivity contribution in [3.8, 4) is 23.0 Å². The lowest BCUT2D eigenvalue weighted by Crippen LogP contribution is -2.05. The second-order valence-corrected chi connectivity index (χ2v) is 7.10. The van der Waals surface area contributed by atoms with E-state index in [9.17, 15) is 13.5 Å². The first kappa shape index (κ1) is 18.7. The van der Waals surface area contributed by atoms with Crippen molar-refractivity contribution in [3.05, 3.63) is 52.9 Å². The van der Waals surface area contributed by atoms with Crippen molar-refractivity contribution in [2.24, 2.45) is 0 Å². The highest BCUT2D eigenvalue weighted by atomic mass is 32.2. The minimum Gasteiger partial charge on any atom is -0.508 e. The molecule has 0 atom stereocenters. The van der Waals surface area contributed by atoms with Crippen LogP contribution < -0.4 is 14.2 Å². The zero-order chi connectivity index (χ0) is 18.4. The van der Waals surface area contributed by atoms with Gasteiger partial charge in [0, 0.05) is 17.5 Å². The van der Waals surface area contributed by atoms with Crippen LogP contribution in [0.5, 0.6) is 23.0 Å². The quantitative estimate of drug-likeness (QED) is 0.813.